The summed E-state index contributed by atoms with van der Waals surface area (Å²) in [6, 6.07) is 5.91. The number of benzene rings is 1. The maximum absolute atomic E-state index is 13.4. The third-order valence-electron chi connectivity index (χ3n) is 7.54. The first-order valence-corrected chi connectivity index (χ1v) is 15.2. The van der Waals surface area contributed by atoms with E-state index >= 15 is 0 Å². The van der Waals surface area contributed by atoms with Crippen LogP contribution < -0.4 is 10.5 Å². The average Bonchev–Trinajstić information content (AvgIpc) is 3.39. The van der Waals surface area contributed by atoms with Crippen LogP contribution in [0.25, 0.3) is 27.1 Å². The SMILES string of the molecule is C[C@H](N)C(=O)N1CCC(c2ncnc3c2c2ccc(S(=O)(=O)NC4(C#N)CC4)cc2n3-c2nnc(C(F)F)s2)CC1. The van der Waals surface area contributed by atoms with Crippen molar-refractivity contribution >= 4 is 49.2 Å². The van der Waals surface area contributed by atoms with Crippen molar-refractivity contribution in [2.24, 2.45) is 5.73 Å². The number of rotatable bonds is 7. The molecule has 1 saturated heterocycles. The molecule has 4 aromatic rings. The van der Waals surface area contributed by atoms with E-state index in [1.54, 1.807) is 17.9 Å². The van der Waals surface area contributed by atoms with Gasteiger partial charge in [-0.15, -0.1) is 10.2 Å². The Morgan fingerprint density at radius 3 is 2.59 bits per heavy atom. The number of sulfonamides is 1. The van der Waals surface area contributed by atoms with Crippen LogP contribution in [0.4, 0.5) is 8.78 Å². The molecule has 4 heterocycles. The van der Waals surface area contributed by atoms with Crippen LogP contribution >= 0.6 is 11.3 Å². The molecule has 6 rings (SSSR count). The first-order chi connectivity index (χ1) is 19.5. The van der Waals surface area contributed by atoms with Crippen molar-refractivity contribution < 1.29 is 22.0 Å². The molecular weight excluding hydrogens is 576 g/mol. The molecule has 0 radical (unpaired) electrons. The number of hydrogen-bond donors (Lipinski definition) is 2. The number of hydrogen-bond acceptors (Lipinski definition) is 10. The van der Waals surface area contributed by atoms with Crippen molar-refractivity contribution in [1.82, 2.24) is 34.4 Å². The number of halogens is 2. The van der Waals surface area contributed by atoms with Gasteiger partial charge in [-0.3, -0.25) is 9.36 Å². The van der Waals surface area contributed by atoms with Gasteiger partial charge in [0.25, 0.3) is 6.43 Å². The Morgan fingerprint density at radius 2 is 1.98 bits per heavy atom. The van der Waals surface area contributed by atoms with Crippen LogP contribution in [0.1, 0.15) is 55.7 Å². The summed E-state index contributed by atoms with van der Waals surface area (Å²) in [5, 5.41) is 17.9. The quantitative estimate of drug-likeness (QED) is 0.323. The predicted octanol–water partition coefficient (Wildman–Crippen LogP) is 2.75. The lowest BCUT2D eigenvalue weighted by Crippen LogP contribution is -2.45. The van der Waals surface area contributed by atoms with E-state index in [9.17, 15) is 27.3 Å². The molecule has 1 amide bonds. The minimum absolute atomic E-state index is 0.0434. The van der Waals surface area contributed by atoms with Gasteiger partial charge in [0.05, 0.1) is 28.2 Å². The monoisotopic (exact) mass is 601 g/mol. The smallest absolute Gasteiger partial charge is 0.291 e. The van der Waals surface area contributed by atoms with Gasteiger partial charge in [-0.25, -0.2) is 27.2 Å². The van der Waals surface area contributed by atoms with Crippen LogP contribution in [-0.4, -0.2) is 68.6 Å². The second-order valence-electron chi connectivity index (χ2n) is 10.4. The van der Waals surface area contributed by atoms with E-state index in [-0.39, 0.29) is 21.9 Å². The molecule has 0 unspecified atom stereocenters. The van der Waals surface area contributed by atoms with Crippen molar-refractivity contribution in [2.45, 2.75) is 61.4 Å². The largest absolute Gasteiger partial charge is 0.341 e. The zero-order valence-corrected chi connectivity index (χ0v) is 23.4. The summed E-state index contributed by atoms with van der Waals surface area (Å²) in [4.78, 5) is 23.1. The molecule has 3 N–H and O–H groups in total. The molecule has 16 heteroatoms. The molecule has 0 spiro atoms. The van der Waals surface area contributed by atoms with Gasteiger partial charge < -0.3 is 10.6 Å². The van der Waals surface area contributed by atoms with E-state index in [0.29, 0.717) is 77.7 Å². The minimum atomic E-state index is -4.08. The summed E-state index contributed by atoms with van der Waals surface area (Å²) in [6.07, 6.45) is 0.630. The Bertz CT molecular complexity index is 1820. The van der Waals surface area contributed by atoms with Crippen molar-refractivity contribution in [3.63, 3.8) is 0 Å². The van der Waals surface area contributed by atoms with Gasteiger partial charge >= 0.3 is 0 Å². The molecule has 2 fully saturated rings. The van der Waals surface area contributed by atoms with Crippen LogP contribution in [0, 0.1) is 11.3 Å². The van der Waals surface area contributed by atoms with Gasteiger partial charge in [0.1, 0.15) is 11.9 Å². The standard InChI is InChI=1S/C25H25F2N9O3S2/c1-13(29)23(37)35-8-4-14(5-9-35)19-18-16-3-2-15(41(38,39)34-25(11-28)6-7-25)10-17(16)36(21(18)31-12-30-19)24-33-32-22(40-24)20(26)27/h2-3,10,12-14,20,34H,4-9,29H2,1H3/t13-/m0/s1. The highest BCUT2D eigenvalue weighted by atomic mass is 32.2. The predicted molar refractivity (Wildman–Crippen MR) is 145 cm³/mol. The van der Waals surface area contributed by atoms with Gasteiger partial charge in [0, 0.05) is 29.8 Å². The molecule has 2 aliphatic rings. The summed E-state index contributed by atoms with van der Waals surface area (Å²) < 4.78 is 57.3. The number of nitrogens with two attached hydrogens (primary N) is 1. The number of aromatic nitrogens is 5. The molecule has 1 saturated carbocycles. The summed E-state index contributed by atoms with van der Waals surface area (Å²) in [7, 11) is -4.08. The lowest BCUT2D eigenvalue weighted by molar-refractivity contribution is -0.133. The second kappa shape index (κ2) is 10.0. The topological polar surface area (TPSA) is 173 Å². The molecule has 3 aromatic heterocycles. The third-order valence-corrected chi connectivity index (χ3v) is 9.99. The van der Waals surface area contributed by atoms with Crippen LogP contribution in [0.3, 0.4) is 0 Å². The Labute approximate surface area is 237 Å². The fourth-order valence-electron chi connectivity index (χ4n) is 5.25. The number of likely N-dealkylation sites (tertiary alicyclic amines) is 1. The molecule has 1 aliphatic heterocycles. The highest BCUT2D eigenvalue weighted by Crippen LogP contribution is 2.40. The Morgan fingerprint density at radius 1 is 1.24 bits per heavy atom. The van der Waals surface area contributed by atoms with Crippen molar-refractivity contribution in [1.29, 1.82) is 5.26 Å². The van der Waals surface area contributed by atoms with Crippen LogP contribution in [0.5, 0.6) is 0 Å². The highest BCUT2D eigenvalue weighted by Gasteiger charge is 2.47. The molecule has 0 bridgehead atoms. The first-order valence-electron chi connectivity index (χ1n) is 12.9. The second-order valence-corrected chi connectivity index (χ2v) is 13.1. The summed E-state index contributed by atoms with van der Waals surface area (Å²) in [5.41, 5.74) is 6.11. The van der Waals surface area contributed by atoms with Crippen LogP contribution in [0.15, 0.2) is 29.4 Å². The number of piperidine rings is 1. The molecule has 1 aromatic carbocycles. The third kappa shape index (κ3) is 4.82. The number of fused-ring (bicyclic) bond motifs is 3. The molecule has 12 nitrogen and oxygen atoms in total. The number of nitrogens with one attached hydrogen (secondary N) is 1. The maximum atomic E-state index is 13.4. The lowest BCUT2D eigenvalue weighted by Gasteiger charge is -2.32. The number of carbonyl (C=O) groups is 1. The summed E-state index contributed by atoms with van der Waals surface area (Å²) >= 11 is 0.679. The number of nitrogens with zero attached hydrogens (tertiary/aromatic N) is 7. The fourth-order valence-corrected chi connectivity index (χ4v) is 7.37. The van der Waals surface area contributed by atoms with E-state index in [1.807, 2.05) is 6.07 Å². The van der Waals surface area contributed by atoms with Gasteiger partial charge in [-0.2, -0.15) is 9.98 Å². The van der Waals surface area contributed by atoms with Gasteiger partial charge in [-0.05, 0) is 44.7 Å². The zero-order valence-electron chi connectivity index (χ0n) is 21.8. The normalized spacial score (nSPS) is 18.2. The van der Waals surface area contributed by atoms with Gasteiger partial charge in [0.15, 0.2) is 10.7 Å². The van der Waals surface area contributed by atoms with Gasteiger partial charge in [-0.1, -0.05) is 17.4 Å². The van der Waals surface area contributed by atoms with E-state index in [0.717, 1.165) is 0 Å². The molecular formula is C25H25F2N9O3S2. The molecule has 1 atom stereocenters. The number of alkyl halides is 2. The highest BCUT2D eigenvalue weighted by molar-refractivity contribution is 7.89. The van der Waals surface area contributed by atoms with Crippen molar-refractivity contribution in [2.75, 3.05) is 13.1 Å². The molecule has 1 aliphatic carbocycles. The van der Waals surface area contributed by atoms with Gasteiger partial charge in [0.2, 0.25) is 21.1 Å². The first kappa shape index (κ1) is 27.5. The minimum Gasteiger partial charge on any atom is -0.341 e. The lowest BCUT2D eigenvalue weighted by atomic mass is 9.91. The van der Waals surface area contributed by atoms with Crippen molar-refractivity contribution in [3.8, 4) is 11.2 Å². The van der Waals surface area contributed by atoms with Crippen molar-refractivity contribution in [3.05, 3.63) is 35.2 Å². The van der Waals surface area contributed by atoms with Crippen LogP contribution in [-0.2, 0) is 14.8 Å². The zero-order chi connectivity index (χ0) is 29.1. The Kier molecular flexibility index (Phi) is 6.72. The summed E-state index contributed by atoms with van der Waals surface area (Å²) in [5.74, 6) is -0.163. The summed E-state index contributed by atoms with van der Waals surface area (Å²) in [6.45, 7) is 2.65. The number of nitriles is 1. The number of amides is 1. The van der Waals surface area contributed by atoms with E-state index in [2.05, 4.69) is 24.9 Å². The Hall–Kier alpha value is -3.65. The fraction of sp³-hybridized carbons (Fsp3) is 0.440. The van der Waals surface area contributed by atoms with E-state index in [4.69, 9.17) is 5.73 Å². The molecule has 214 valence electrons. The average molecular weight is 602 g/mol. The maximum Gasteiger partial charge on any atom is 0.291 e. The molecule has 41 heavy (non-hydrogen) atoms. The number of carbonyl (C=O) groups excluding carboxylic acids is 1. The van der Waals surface area contributed by atoms with E-state index < -0.39 is 33.0 Å². The van der Waals surface area contributed by atoms with E-state index in [1.165, 1.54) is 23.0 Å². The Balaban J connectivity index is 1.49. The van der Waals surface area contributed by atoms with Crippen LogP contribution in [0.2, 0.25) is 0 Å².